The highest BCUT2D eigenvalue weighted by Crippen LogP contribution is 2.25. The van der Waals surface area contributed by atoms with Crippen molar-refractivity contribution in [2.24, 2.45) is 0 Å². The molecule has 7 heteroatoms. The summed E-state index contributed by atoms with van der Waals surface area (Å²) in [6, 6.07) is 21.8. The molecule has 5 rings (SSSR count). The number of ether oxygens (including phenoxy) is 1. The molecular weight excluding hydrogens is 438 g/mol. The topological polar surface area (TPSA) is 63.5 Å². The number of para-hydroxylation sites is 1. The average molecular weight is 466 g/mol. The van der Waals surface area contributed by atoms with Crippen molar-refractivity contribution in [3.63, 3.8) is 0 Å². The molecule has 1 fully saturated rings. The molecule has 176 valence electrons. The van der Waals surface area contributed by atoms with E-state index < -0.39 is 0 Å². The highest BCUT2D eigenvalue weighted by atomic mass is 16.5. The molecule has 0 N–H and O–H groups in total. The lowest BCUT2D eigenvalue weighted by molar-refractivity contribution is -0.126. The first-order chi connectivity index (χ1) is 17.2. The van der Waals surface area contributed by atoms with Crippen molar-refractivity contribution in [2.45, 2.75) is 0 Å². The minimum Gasteiger partial charge on any atom is -0.497 e. The van der Waals surface area contributed by atoms with Crippen molar-refractivity contribution < 1.29 is 9.53 Å². The highest BCUT2D eigenvalue weighted by Gasteiger charge is 2.20. The minimum absolute atomic E-state index is 0.000102. The Kier molecular flexibility index (Phi) is 6.57. The molecule has 2 aromatic heterocycles. The summed E-state index contributed by atoms with van der Waals surface area (Å²) in [6.07, 6.45) is 8.97. The molecular formula is C28H27N5O2. The van der Waals surface area contributed by atoms with Gasteiger partial charge in [0.2, 0.25) is 5.91 Å². The molecule has 2 aromatic carbocycles. The van der Waals surface area contributed by atoms with Crippen molar-refractivity contribution in [3.8, 4) is 22.7 Å². The van der Waals surface area contributed by atoms with Crippen LogP contribution in [0.1, 0.15) is 5.56 Å². The first-order valence-corrected chi connectivity index (χ1v) is 11.6. The van der Waals surface area contributed by atoms with Crippen LogP contribution >= 0.6 is 0 Å². The van der Waals surface area contributed by atoms with Crippen LogP contribution in [0, 0.1) is 0 Å². The van der Waals surface area contributed by atoms with Crippen LogP contribution in [0.2, 0.25) is 0 Å². The summed E-state index contributed by atoms with van der Waals surface area (Å²) in [6.45, 7) is 2.89. The molecule has 0 radical (unpaired) electrons. The zero-order valence-electron chi connectivity index (χ0n) is 19.6. The van der Waals surface area contributed by atoms with Crippen molar-refractivity contribution in [3.05, 3.63) is 97.0 Å². The normalized spacial score (nSPS) is 13.9. The molecule has 0 unspecified atom stereocenters. The number of aromatic nitrogens is 3. The maximum atomic E-state index is 13.0. The van der Waals surface area contributed by atoms with Gasteiger partial charge in [0.15, 0.2) is 0 Å². The fourth-order valence-electron chi connectivity index (χ4n) is 4.21. The summed E-state index contributed by atoms with van der Waals surface area (Å²) in [5.74, 6) is 0.837. The van der Waals surface area contributed by atoms with Gasteiger partial charge < -0.3 is 14.5 Å². The largest absolute Gasteiger partial charge is 0.497 e. The smallest absolute Gasteiger partial charge is 0.246 e. The van der Waals surface area contributed by atoms with Crippen molar-refractivity contribution in [1.82, 2.24) is 19.7 Å². The number of rotatable bonds is 6. The molecule has 0 aliphatic carbocycles. The van der Waals surface area contributed by atoms with Gasteiger partial charge in [-0.25, -0.2) is 4.68 Å². The molecule has 0 bridgehead atoms. The number of anilines is 1. The summed E-state index contributed by atoms with van der Waals surface area (Å²) in [4.78, 5) is 21.4. The lowest BCUT2D eigenvalue weighted by atomic mass is 10.1. The SMILES string of the molecule is COc1cccc(N2CCN(C(=O)C=Cc3cn(-c4ccccc4)nc3-c3cccnc3)CC2)c1. The van der Waals surface area contributed by atoms with E-state index in [9.17, 15) is 4.79 Å². The fraction of sp³-hybridized carbons (Fsp3) is 0.179. The molecule has 35 heavy (non-hydrogen) atoms. The average Bonchev–Trinajstić information content (AvgIpc) is 3.37. The predicted molar refractivity (Wildman–Crippen MR) is 138 cm³/mol. The molecule has 0 spiro atoms. The monoisotopic (exact) mass is 465 g/mol. The van der Waals surface area contributed by atoms with Gasteiger partial charge in [-0.3, -0.25) is 9.78 Å². The van der Waals surface area contributed by atoms with Gasteiger partial charge in [0.05, 0.1) is 12.8 Å². The predicted octanol–water partition coefficient (Wildman–Crippen LogP) is 4.30. The van der Waals surface area contributed by atoms with E-state index >= 15 is 0 Å². The summed E-state index contributed by atoms with van der Waals surface area (Å²) >= 11 is 0. The third kappa shape index (κ3) is 5.09. The van der Waals surface area contributed by atoms with Gasteiger partial charge in [0.1, 0.15) is 11.4 Å². The molecule has 1 aliphatic heterocycles. The molecule has 4 aromatic rings. The van der Waals surface area contributed by atoms with Gasteiger partial charge in [0, 0.05) is 73.7 Å². The lowest BCUT2D eigenvalue weighted by Gasteiger charge is -2.35. The van der Waals surface area contributed by atoms with Gasteiger partial charge in [0.25, 0.3) is 0 Å². The second-order valence-corrected chi connectivity index (χ2v) is 8.30. The van der Waals surface area contributed by atoms with Gasteiger partial charge in [-0.15, -0.1) is 0 Å². The zero-order chi connectivity index (χ0) is 24.0. The Labute approximate surface area is 204 Å². The number of pyridine rings is 1. The first kappa shape index (κ1) is 22.4. The van der Waals surface area contributed by atoms with Gasteiger partial charge >= 0.3 is 0 Å². The Morgan fingerprint density at radius 3 is 2.49 bits per heavy atom. The Bertz CT molecular complexity index is 1310. The molecule has 0 saturated carbocycles. The van der Waals surface area contributed by atoms with Crippen molar-refractivity contribution >= 4 is 17.7 Å². The summed E-state index contributed by atoms with van der Waals surface area (Å²) in [7, 11) is 1.67. The minimum atomic E-state index is -0.000102. The second-order valence-electron chi connectivity index (χ2n) is 8.30. The number of hydrogen-bond donors (Lipinski definition) is 0. The number of nitrogens with zero attached hydrogens (tertiary/aromatic N) is 5. The summed E-state index contributed by atoms with van der Waals surface area (Å²) in [5.41, 5.74) is 4.62. The number of methoxy groups -OCH3 is 1. The van der Waals surface area contributed by atoms with E-state index in [1.165, 1.54) is 0 Å². The van der Waals surface area contributed by atoms with Gasteiger partial charge in [-0.05, 0) is 42.5 Å². The number of amides is 1. The molecule has 7 nitrogen and oxygen atoms in total. The second kappa shape index (κ2) is 10.3. The van der Waals surface area contributed by atoms with Crippen LogP contribution in [0.3, 0.4) is 0 Å². The van der Waals surface area contributed by atoms with E-state index in [0.29, 0.717) is 13.1 Å². The summed E-state index contributed by atoms with van der Waals surface area (Å²) in [5, 5.41) is 4.78. The number of benzene rings is 2. The van der Waals surface area contributed by atoms with E-state index in [2.05, 4.69) is 16.0 Å². The maximum Gasteiger partial charge on any atom is 0.246 e. The molecule has 1 amide bonds. The van der Waals surface area contributed by atoms with E-state index in [1.807, 2.05) is 82.5 Å². The summed E-state index contributed by atoms with van der Waals surface area (Å²) < 4.78 is 7.17. The van der Waals surface area contributed by atoms with Gasteiger partial charge in [-0.2, -0.15) is 5.10 Å². The van der Waals surface area contributed by atoms with Crippen molar-refractivity contribution in [1.29, 1.82) is 0 Å². The van der Waals surface area contributed by atoms with E-state index in [4.69, 9.17) is 9.84 Å². The van der Waals surface area contributed by atoms with E-state index in [-0.39, 0.29) is 5.91 Å². The quantitative estimate of drug-likeness (QED) is 0.397. The van der Waals surface area contributed by atoms with Crippen LogP contribution in [-0.4, -0.2) is 58.9 Å². The lowest BCUT2D eigenvalue weighted by Crippen LogP contribution is -2.48. The fourth-order valence-corrected chi connectivity index (χ4v) is 4.21. The number of hydrogen-bond acceptors (Lipinski definition) is 5. The Morgan fingerprint density at radius 1 is 0.943 bits per heavy atom. The van der Waals surface area contributed by atoms with E-state index in [1.54, 1.807) is 25.6 Å². The number of piperazine rings is 1. The molecule has 1 aliphatic rings. The van der Waals surface area contributed by atoms with Crippen LogP contribution in [-0.2, 0) is 4.79 Å². The maximum absolute atomic E-state index is 13.0. The van der Waals surface area contributed by atoms with E-state index in [0.717, 1.165) is 47.0 Å². The Balaban J connectivity index is 1.31. The molecule has 0 atom stereocenters. The van der Waals surface area contributed by atoms with Gasteiger partial charge in [-0.1, -0.05) is 24.3 Å². The molecule has 3 heterocycles. The third-order valence-corrected chi connectivity index (χ3v) is 6.11. The first-order valence-electron chi connectivity index (χ1n) is 11.6. The van der Waals surface area contributed by atoms with Crippen LogP contribution in [0.5, 0.6) is 5.75 Å². The van der Waals surface area contributed by atoms with Crippen LogP contribution in [0.15, 0.2) is 91.4 Å². The Hall–Kier alpha value is -4.39. The van der Waals surface area contributed by atoms with Crippen LogP contribution in [0.25, 0.3) is 23.0 Å². The standard InChI is InChI=1S/C28H27N5O2/c1-35-26-11-5-10-25(19-26)31-15-17-32(18-16-31)27(34)13-12-23-21-33(24-8-3-2-4-9-24)30-28(23)22-7-6-14-29-20-22/h2-14,19-21H,15-18H2,1H3. The third-order valence-electron chi connectivity index (χ3n) is 6.11. The van der Waals surface area contributed by atoms with Crippen LogP contribution in [0.4, 0.5) is 5.69 Å². The Morgan fingerprint density at radius 2 is 1.74 bits per heavy atom. The number of carbonyl (C=O) groups is 1. The zero-order valence-corrected chi connectivity index (χ0v) is 19.6. The van der Waals surface area contributed by atoms with Crippen LogP contribution < -0.4 is 9.64 Å². The molecule has 1 saturated heterocycles. The number of carbonyl (C=O) groups excluding carboxylic acids is 1. The van der Waals surface area contributed by atoms with Crippen molar-refractivity contribution in [2.75, 3.05) is 38.2 Å². The highest BCUT2D eigenvalue weighted by molar-refractivity contribution is 5.93.